The van der Waals surface area contributed by atoms with Crippen LogP contribution < -0.4 is 11.4 Å². The topological polar surface area (TPSA) is 77.9 Å². The van der Waals surface area contributed by atoms with Crippen molar-refractivity contribution in [1.29, 1.82) is 0 Å². The molecule has 2 unspecified atom stereocenters. The summed E-state index contributed by atoms with van der Waals surface area (Å²) in [5.74, 6) is 0.461. The Morgan fingerprint density at radius 1 is 1.26 bits per heavy atom. The molecule has 104 valence electrons. The van der Waals surface area contributed by atoms with E-state index in [9.17, 15) is 4.79 Å². The minimum atomic E-state index is -0.163. The molecule has 0 bridgehead atoms. The van der Waals surface area contributed by atoms with Gasteiger partial charge in [-0.2, -0.15) is 0 Å². The molecule has 0 saturated carbocycles. The third-order valence-corrected chi connectivity index (χ3v) is 3.60. The quantitative estimate of drug-likeness (QED) is 0.763. The second kappa shape index (κ2) is 5.59. The molecule has 1 aromatic carbocycles. The molecule has 2 aromatic rings. The van der Waals surface area contributed by atoms with E-state index in [1.54, 1.807) is 0 Å². The van der Waals surface area contributed by atoms with E-state index in [2.05, 4.69) is 42.0 Å². The first-order chi connectivity index (χ1) is 9.02. The number of nitrogens with two attached hydrogens (primary N) is 1. The molecular weight excluding hydrogens is 240 g/mol. The van der Waals surface area contributed by atoms with Crippen LogP contribution >= 0.6 is 0 Å². The van der Waals surface area contributed by atoms with Gasteiger partial charge < -0.3 is 20.6 Å². The van der Waals surface area contributed by atoms with Crippen LogP contribution in [0.2, 0.25) is 0 Å². The van der Waals surface area contributed by atoms with Crippen molar-refractivity contribution in [2.75, 3.05) is 20.6 Å². The van der Waals surface area contributed by atoms with E-state index < -0.39 is 0 Å². The Bertz CT molecular complexity index is 599. The molecule has 2 atom stereocenters. The minimum absolute atomic E-state index is 0.163. The second-order valence-electron chi connectivity index (χ2n) is 5.35. The van der Waals surface area contributed by atoms with Crippen molar-refractivity contribution in [3.8, 4) is 0 Å². The summed E-state index contributed by atoms with van der Waals surface area (Å²) in [5.41, 5.74) is 8.41. The molecule has 5 nitrogen and oxygen atoms in total. The fraction of sp³-hybridized carbons (Fsp3) is 0.500. The van der Waals surface area contributed by atoms with Crippen LogP contribution in [-0.2, 0) is 0 Å². The molecule has 0 fully saturated rings. The third-order valence-electron chi connectivity index (χ3n) is 3.60. The minimum Gasteiger partial charge on any atom is -0.330 e. The van der Waals surface area contributed by atoms with Crippen LogP contribution in [-0.4, -0.2) is 35.5 Å². The lowest BCUT2D eigenvalue weighted by Crippen LogP contribution is -2.27. The maximum Gasteiger partial charge on any atom is 0.323 e. The summed E-state index contributed by atoms with van der Waals surface area (Å²) in [6.07, 6.45) is 0.977. The zero-order valence-corrected chi connectivity index (χ0v) is 11.7. The lowest BCUT2D eigenvalue weighted by molar-refractivity contribution is 0.217. The molecular formula is C14H22N4O. The van der Waals surface area contributed by atoms with E-state index in [0.29, 0.717) is 18.5 Å². The summed E-state index contributed by atoms with van der Waals surface area (Å²) >= 11 is 0. The van der Waals surface area contributed by atoms with Crippen molar-refractivity contribution in [2.24, 2.45) is 11.7 Å². The van der Waals surface area contributed by atoms with Crippen molar-refractivity contribution >= 4 is 11.0 Å². The van der Waals surface area contributed by atoms with Gasteiger partial charge in [0, 0.05) is 6.04 Å². The van der Waals surface area contributed by atoms with Gasteiger partial charge >= 0.3 is 5.69 Å². The summed E-state index contributed by atoms with van der Waals surface area (Å²) < 4.78 is 0. The summed E-state index contributed by atoms with van der Waals surface area (Å²) in [6, 6.07) is 6.37. The molecule has 0 radical (unpaired) electrons. The van der Waals surface area contributed by atoms with E-state index in [1.807, 2.05) is 12.1 Å². The van der Waals surface area contributed by atoms with Crippen LogP contribution in [0.5, 0.6) is 0 Å². The van der Waals surface area contributed by atoms with Gasteiger partial charge in [0.25, 0.3) is 0 Å². The summed E-state index contributed by atoms with van der Waals surface area (Å²) in [6.45, 7) is 2.90. The molecule has 0 aliphatic rings. The first-order valence-electron chi connectivity index (χ1n) is 6.61. The van der Waals surface area contributed by atoms with Crippen molar-refractivity contribution in [2.45, 2.75) is 19.4 Å². The van der Waals surface area contributed by atoms with Gasteiger partial charge in [0.1, 0.15) is 0 Å². The SMILES string of the molecule is CC(CCN)C(c1ccc2[nH]c(=O)[nH]c2c1)N(C)C. The Balaban J connectivity index is 2.40. The van der Waals surface area contributed by atoms with Gasteiger partial charge in [-0.05, 0) is 50.7 Å². The monoisotopic (exact) mass is 262 g/mol. The van der Waals surface area contributed by atoms with Crippen LogP contribution in [0, 0.1) is 5.92 Å². The van der Waals surface area contributed by atoms with Crippen molar-refractivity contribution in [3.63, 3.8) is 0 Å². The highest BCUT2D eigenvalue weighted by Gasteiger charge is 2.21. The van der Waals surface area contributed by atoms with E-state index in [4.69, 9.17) is 5.73 Å². The zero-order valence-electron chi connectivity index (χ0n) is 11.7. The molecule has 4 N–H and O–H groups in total. The molecule has 0 aliphatic carbocycles. The molecule has 2 rings (SSSR count). The number of benzene rings is 1. The van der Waals surface area contributed by atoms with Crippen LogP contribution in [0.3, 0.4) is 0 Å². The van der Waals surface area contributed by atoms with Crippen molar-refractivity contribution in [3.05, 3.63) is 34.2 Å². The standard InChI is InChI=1S/C14H22N4O/c1-9(6-7-15)13(18(2)3)10-4-5-11-12(8-10)17-14(19)16-11/h4-5,8-9,13H,6-7,15H2,1-3H3,(H2,16,17,19). The fourth-order valence-corrected chi connectivity index (χ4v) is 2.79. The molecule has 1 heterocycles. The average Bonchev–Trinajstić information content (AvgIpc) is 2.68. The Hall–Kier alpha value is -1.59. The molecule has 0 spiro atoms. The molecule has 0 aliphatic heterocycles. The summed E-state index contributed by atoms with van der Waals surface area (Å²) in [7, 11) is 4.14. The van der Waals surface area contributed by atoms with Gasteiger partial charge in [-0.3, -0.25) is 0 Å². The van der Waals surface area contributed by atoms with Gasteiger partial charge in [0.15, 0.2) is 0 Å². The summed E-state index contributed by atoms with van der Waals surface area (Å²) in [4.78, 5) is 19.1. The Labute approximate surface area is 112 Å². The van der Waals surface area contributed by atoms with Crippen molar-refractivity contribution in [1.82, 2.24) is 14.9 Å². The van der Waals surface area contributed by atoms with Crippen molar-refractivity contribution < 1.29 is 0 Å². The van der Waals surface area contributed by atoms with E-state index in [1.165, 1.54) is 5.56 Å². The highest BCUT2D eigenvalue weighted by Crippen LogP contribution is 2.29. The normalized spacial score (nSPS) is 15.0. The fourth-order valence-electron chi connectivity index (χ4n) is 2.79. The molecule has 1 aromatic heterocycles. The number of H-pyrrole nitrogens is 2. The zero-order chi connectivity index (χ0) is 14.0. The predicted octanol–water partition coefficient (Wildman–Crippen LogP) is 1.44. The molecule has 0 amide bonds. The van der Waals surface area contributed by atoms with Crippen LogP contribution in [0.4, 0.5) is 0 Å². The first kappa shape index (κ1) is 13.8. The van der Waals surface area contributed by atoms with Crippen LogP contribution in [0.25, 0.3) is 11.0 Å². The Morgan fingerprint density at radius 3 is 2.58 bits per heavy atom. The average molecular weight is 262 g/mol. The highest BCUT2D eigenvalue weighted by atomic mass is 16.1. The predicted molar refractivity (Wildman–Crippen MR) is 78.2 cm³/mol. The number of hydrogen-bond acceptors (Lipinski definition) is 3. The van der Waals surface area contributed by atoms with Crippen LogP contribution in [0.1, 0.15) is 24.9 Å². The third kappa shape index (κ3) is 2.88. The number of fused-ring (bicyclic) bond motifs is 1. The number of aromatic nitrogens is 2. The highest BCUT2D eigenvalue weighted by molar-refractivity contribution is 5.75. The number of hydrogen-bond donors (Lipinski definition) is 3. The smallest absolute Gasteiger partial charge is 0.323 e. The van der Waals surface area contributed by atoms with Gasteiger partial charge in [0.05, 0.1) is 11.0 Å². The van der Waals surface area contributed by atoms with E-state index in [-0.39, 0.29) is 5.69 Å². The second-order valence-corrected chi connectivity index (χ2v) is 5.35. The van der Waals surface area contributed by atoms with E-state index >= 15 is 0 Å². The number of nitrogens with one attached hydrogen (secondary N) is 2. The Morgan fingerprint density at radius 2 is 1.95 bits per heavy atom. The lowest BCUT2D eigenvalue weighted by Gasteiger charge is -2.30. The van der Waals surface area contributed by atoms with Gasteiger partial charge in [-0.15, -0.1) is 0 Å². The molecule has 19 heavy (non-hydrogen) atoms. The summed E-state index contributed by atoms with van der Waals surface area (Å²) in [5, 5.41) is 0. The maximum atomic E-state index is 11.3. The number of imidazole rings is 1. The molecule has 5 heteroatoms. The first-order valence-corrected chi connectivity index (χ1v) is 6.61. The lowest BCUT2D eigenvalue weighted by atomic mass is 9.91. The number of aromatic amines is 2. The number of nitrogens with zero attached hydrogens (tertiary/aromatic N) is 1. The van der Waals surface area contributed by atoms with Gasteiger partial charge in [0.2, 0.25) is 0 Å². The van der Waals surface area contributed by atoms with E-state index in [0.717, 1.165) is 17.5 Å². The maximum absolute atomic E-state index is 11.3. The van der Waals surface area contributed by atoms with Gasteiger partial charge in [-0.1, -0.05) is 13.0 Å². The van der Waals surface area contributed by atoms with Crippen LogP contribution in [0.15, 0.2) is 23.0 Å². The number of rotatable bonds is 5. The van der Waals surface area contributed by atoms with Gasteiger partial charge in [-0.25, -0.2) is 4.79 Å². The largest absolute Gasteiger partial charge is 0.330 e. The molecule has 0 saturated heterocycles. The Kier molecular flexibility index (Phi) is 4.07.